The highest BCUT2D eigenvalue weighted by molar-refractivity contribution is 5.80. The van der Waals surface area contributed by atoms with E-state index in [4.69, 9.17) is 9.84 Å². The van der Waals surface area contributed by atoms with Gasteiger partial charge in [0, 0.05) is 12.8 Å². The number of amides is 1. The standard InChI is InChI=1S/C42H75NO5/c1-3-5-7-9-11-13-15-16-17-18-20-22-24-29-33-37-42(47)48-39(34-30-26-23-21-19-14-12-10-8-6-4-2)35-31-27-25-28-32-36-40(44)43-38-41(45)46/h12,14,16-17,21,23,39H,3-11,13,15,18-20,22,24-38H2,1-2H3,(H,43,44)(H,45,46)/b14-12-,17-16-,23-21-. The topological polar surface area (TPSA) is 92.7 Å². The molecule has 6 heteroatoms. The van der Waals surface area contributed by atoms with Crippen molar-refractivity contribution in [2.24, 2.45) is 0 Å². The number of carboxylic acids is 1. The van der Waals surface area contributed by atoms with Crippen molar-refractivity contribution in [3.63, 3.8) is 0 Å². The highest BCUT2D eigenvalue weighted by Gasteiger charge is 2.14. The summed E-state index contributed by atoms with van der Waals surface area (Å²) in [4.78, 5) is 34.9. The molecule has 48 heavy (non-hydrogen) atoms. The van der Waals surface area contributed by atoms with Gasteiger partial charge >= 0.3 is 11.9 Å². The Morgan fingerprint density at radius 2 is 0.979 bits per heavy atom. The molecule has 0 heterocycles. The minimum Gasteiger partial charge on any atom is -0.480 e. The third-order valence-electron chi connectivity index (χ3n) is 8.78. The fraction of sp³-hybridized carbons (Fsp3) is 0.786. The summed E-state index contributed by atoms with van der Waals surface area (Å²) in [6, 6.07) is 0. The van der Waals surface area contributed by atoms with E-state index in [0.29, 0.717) is 12.8 Å². The number of nitrogens with one attached hydrogen (secondary N) is 1. The number of esters is 1. The van der Waals surface area contributed by atoms with Crippen LogP contribution < -0.4 is 5.32 Å². The van der Waals surface area contributed by atoms with E-state index in [9.17, 15) is 14.4 Å². The van der Waals surface area contributed by atoms with Crippen LogP contribution in [0.3, 0.4) is 0 Å². The molecule has 0 saturated carbocycles. The second kappa shape index (κ2) is 37.4. The van der Waals surface area contributed by atoms with Crippen LogP contribution in [0.1, 0.15) is 200 Å². The first-order valence-corrected chi connectivity index (χ1v) is 20.1. The van der Waals surface area contributed by atoms with Crippen LogP contribution in [0.2, 0.25) is 0 Å². The Labute approximate surface area is 296 Å². The SMILES string of the molecule is CCCCC/C=C\C/C=C\CCCC(CCCCCCCC(=O)NCC(=O)O)OC(=O)CCCCCCC/C=C\CCCCCCCC. The van der Waals surface area contributed by atoms with Crippen molar-refractivity contribution in [1.29, 1.82) is 0 Å². The summed E-state index contributed by atoms with van der Waals surface area (Å²) in [6.45, 7) is 4.18. The normalized spacial score (nSPS) is 12.4. The average Bonchev–Trinajstić information content (AvgIpc) is 3.07. The van der Waals surface area contributed by atoms with Crippen molar-refractivity contribution < 1.29 is 24.2 Å². The van der Waals surface area contributed by atoms with Gasteiger partial charge in [0.05, 0.1) is 0 Å². The molecule has 0 spiro atoms. The van der Waals surface area contributed by atoms with Gasteiger partial charge in [-0.3, -0.25) is 14.4 Å². The molecule has 0 aromatic carbocycles. The maximum absolute atomic E-state index is 12.7. The van der Waals surface area contributed by atoms with E-state index < -0.39 is 5.97 Å². The number of carbonyl (C=O) groups is 3. The molecule has 6 nitrogen and oxygen atoms in total. The second-order valence-corrected chi connectivity index (χ2v) is 13.5. The lowest BCUT2D eigenvalue weighted by Gasteiger charge is -2.18. The van der Waals surface area contributed by atoms with Crippen molar-refractivity contribution in [1.82, 2.24) is 5.32 Å². The van der Waals surface area contributed by atoms with Gasteiger partial charge in [0.15, 0.2) is 0 Å². The average molecular weight is 674 g/mol. The molecule has 0 aliphatic rings. The van der Waals surface area contributed by atoms with E-state index in [1.807, 2.05) is 0 Å². The summed E-state index contributed by atoms with van der Waals surface area (Å²) in [7, 11) is 0. The van der Waals surface area contributed by atoms with Gasteiger partial charge in [0.25, 0.3) is 0 Å². The first-order chi connectivity index (χ1) is 23.5. The van der Waals surface area contributed by atoms with Gasteiger partial charge in [-0.2, -0.15) is 0 Å². The number of aliphatic carboxylic acids is 1. The number of carbonyl (C=O) groups excluding carboxylic acids is 2. The summed E-state index contributed by atoms with van der Waals surface area (Å²) in [5.74, 6) is -1.27. The fourth-order valence-corrected chi connectivity index (χ4v) is 5.78. The van der Waals surface area contributed by atoms with Gasteiger partial charge in [-0.05, 0) is 89.9 Å². The van der Waals surface area contributed by atoms with Crippen molar-refractivity contribution in [3.8, 4) is 0 Å². The lowest BCUT2D eigenvalue weighted by molar-refractivity contribution is -0.150. The molecule has 0 aliphatic carbocycles. The maximum Gasteiger partial charge on any atom is 0.322 e. The Hall–Kier alpha value is -2.37. The van der Waals surface area contributed by atoms with Gasteiger partial charge < -0.3 is 15.2 Å². The first-order valence-electron chi connectivity index (χ1n) is 20.1. The molecule has 0 aromatic rings. The Morgan fingerprint density at radius 1 is 0.542 bits per heavy atom. The number of hydrogen-bond donors (Lipinski definition) is 2. The van der Waals surface area contributed by atoms with Crippen molar-refractivity contribution in [2.75, 3.05) is 6.54 Å². The monoisotopic (exact) mass is 674 g/mol. The molecule has 1 unspecified atom stereocenters. The van der Waals surface area contributed by atoms with Crippen molar-refractivity contribution in [3.05, 3.63) is 36.5 Å². The number of ether oxygens (including phenoxy) is 1. The zero-order valence-corrected chi connectivity index (χ0v) is 31.3. The number of unbranched alkanes of at least 4 members (excludes halogenated alkanes) is 19. The van der Waals surface area contributed by atoms with Crippen LogP contribution >= 0.6 is 0 Å². The van der Waals surface area contributed by atoms with Gasteiger partial charge in [-0.1, -0.05) is 134 Å². The summed E-state index contributed by atoms with van der Waals surface area (Å²) in [5, 5.41) is 11.1. The zero-order valence-electron chi connectivity index (χ0n) is 31.3. The number of carboxylic acid groups (broad SMARTS) is 1. The van der Waals surface area contributed by atoms with E-state index in [-0.39, 0.29) is 24.5 Å². The van der Waals surface area contributed by atoms with Crippen LogP contribution in [0.4, 0.5) is 0 Å². The molecule has 0 aliphatic heterocycles. The predicted octanol–water partition coefficient (Wildman–Crippen LogP) is 12.1. The molecule has 0 rings (SSSR count). The van der Waals surface area contributed by atoms with Crippen LogP contribution in [0.25, 0.3) is 0 Å². The van der Waals surface area contributed by atoms with Crippen molar-refractivity contribution in [2.45, 2.75) is 206 Å². The van der Waals surface area contributed by atoms with Crippen molar-refractivity contribution >= 4 is 17.8 Å². The molecule has 0 fully saturated rings. The quantitative estimate of drug-likeness (QED) is 0.0392. The maximum atomic E-state index is 12.7. The minimum atomic E-state index is -1.02. The largest absolute Gasteiger partial charge is 0.480 e. The molecule has 1 amide bonds. The summed E-state index contributed by atoms with van der Waals surface area (Å²) >= 11 is 0. The molecule has 0 radical (unpaired) electrons. The third-order valence-corrected chi connectivity index (χ3v) is 8.78. The Balaban J connectivity index is 4.23. The van der Waals surface area contributed by atoms with Crippen LogP contribution in [0.5, 0.6) is 0 Å². The molecule has 1 atom stereocenters. The fourth-order valence-electron chi connectivity index (χ4n) is 5.78. The molecule has 278 valence electrons. The van der Waals surface area contributed by atoms with Gasteiger partial charge in [0.1, 0.15) is 12.6 Å². The summed E-state index contributed by atoms with van der Waals surface area (Å²) in [5.41, 5.74) is 0. The van der Waals surface area contributed by atoms with E-state index >= 15 is 0 Å². The molecule has 0 aromatic heterocycles. The molecule has 0 saturated heterocycles. The first kappa shape index (κ1) is 45.6. The zero-order chi connectivity index (χ0) is 35.2. The molecular weight excluding hydrogens is 598 g/mol. The lowest BCUT2D eigenvalue weighted by atomic mass is 10.0. The lowest BCUT2D eigenvalue weighted by Crippen LogP contribution is -2.28. The van der Waals surface area contributed by atoms with Gasteiger partial charge in [-0.25, -0.2) is 0 Å². The number of hydrogen-bond acceptors (Lipinski definition) is 4. The highest BCUT2D eigenvalue weighted by Crippen LogP contribution is 2.17. The molecule has 0 bridgehead atoms. The predicted molar refractivity (Wildman–Crippen MR) is 203 cm³/mol. The van der Waals surface area contributed by atoms with Crippen LogP contribution in [0, 0.1) is 0 Å². The van der Waals surface area contributed by atoms with Gasteiger partial charge in [0.2, 0.25) is 5.91 Å². The Bertz CT molecular complexity index is 834. The molecular formula is C42H75NO5. The van der Waals surface area contributed by atoms with Crippen LogP contribution in [-0.2, 0) is 19.1 Å². The van der Waals surface area contributed by atoms with Gasteiger partial charge in [-0.15, -0.1) is 0 Å². The second-order valence-electron chi connectivity index (χ2n) is 13.5. The Kier molecular flexibility index (Phi) is 35.6. The van der Waals surface area contributed by atoms with E-state index in [0.717, 1.165) is 77.0 Å². The van der Waals surface area contributed by atoms with E-state index in [1.165, 1.54) is 96.3 Å². The van der Waals surface area contributed by atoms with Crippen LogP contribution in [-0.4, -0.2) is 35.6 Å². The van der Waals surface area contributed by atoms with E-state index in [2.05, 4.69) is 55.6 Å². The Morgan fingerprint density at radius 3 is 1.58 bits per heavy atom. The third kappa shape index (κ3) is 36.5. The number of allylic oxidation sites excluding steroid dienone is 6. The smallest absolute Gasteiger partial charge is 0.322 e. The summed E-state index contributed by atoms with van der Waals surface area (Å²) < 4.78 is 5.98. The van der Waals surface area contributed by atoms with E-state index in [1.54, 1.807) is 0 Å². The molecule has 2 N–H and O–H groups in total. The highest BCUT2D eigenvalue weighted by atomic mass is 16.5. The summed E-state index contributed by atoms with van der Waals surface area (Å²) in [6.07, 6.45) is 45.5. The number of rotatable bonds is 36. The minimum absolute atomic E-state index is 0.0192. The van der Waals surface area contributed by atoms with Crippen LogP contribution in [0.15, 0.2) is 36.5 Å².